The van der Waals surface area contributed by atoms with E-state index in [0.717, 1.165) is 42.9 Å². The Morgan fingerprint density at radius 3 is 2.55 bits per heavy atom. The summed E-state index contributed by atoms with van der Waals surface area (Å²) in [6.45, 7) is 3.70. The summed E-state index contributed by atoms with van der Waals surface area (Å²) in [5.41, 5.74) is 10.1. The number of nitrogens with zero attached hydrogens (tertiary/aromatic N) is 1. The van der Waals surface area contributed by atoms with Crippen LogP contribution < -0.4 is 11.1 Å². The number of nitrogens with one attached hydrogen (secondary N) is 1. The maximum Gasteiger partial charge on any atom is 0.256 e. The molecule has 1 amide bonds. The molecule has 0 atom stereocenters. The second-order valence-corrected chi connectivity index (χ2v) is 5.74. The Bertz CT molecular complexity index is 690. The normalized spacial score (nSPS) is 14.1. The van der Waals surface area contributed by atoms with Gasteiger partial charge in [-0.15, -0.1) is 0 Å². The molecule has 2 aromatic carbocycles. The van der Waals surface area contributed by atoms with E-state index >= 15 is 0 Å². The zero-order valence-electron chi connectivity index (χ0n) is 12.8. The Morgan fingerprint density at radius 1 is 1.09 bits per heavy atom. The van der Waals surface area contributed by atoms with Gasteiger partial charge in [0.25, 0.3) is 5.91 Å². The Hall–Kier alpha value is -2.49. The number of benzene rings is 2. The van der Waals surface area contributed by atoms with E-state index in [0.29, 0.717) is 11.3 Å². The van der Waals surface area contributed by atoms with Crippen molar-refractivity contribution in [1.29, 1.82) is 0 Å². The summed E-state index contributed by atoms with van der Waals surface area (Å²) in [5.74, 6) is 0.0564. The van der Waals surface area contributed by atoms with E-state index in [9.17, 15) is 4.79 Å². The van der Waals surface area contributed by atoms with E-state index in [-0.39, 0.29) is 5.91 Å². The smallest absolute Gasteiger partial charge is 0.256 e. The SMILES string of the molecule is Cc1ccccc1Nc1ccc(N)cc1C(=O)N1CCCC1. The number of anilines is 3. The number of hydrogen-bond acceptors (Lipinski definition) is 3. The molecule has 1 aliphatic heterocycles. The van der Waals surface area contributed by atoms with Crippen LogP contribution in [0, 0.1) is 6.92 Å². The molecule has 3 N–H and O–H groups in total. The van der Waals surface area contributed by atoms with Crippen molar-refractivity contribution in [2.45, 2.75) is 19.8 Å². The van der Waals surface area contributed by atoms with Crippen molar-refractivity contribution in [3.63, 3.8) is 0 Å². The van der Waals surface area contributed by atoms with Crippen LogP contribution in [0.3, 0.4) is 0 Å². The number of carbonyl (C=O) groups excluding carboxylic acids is 1. The Labute approximate surface area is 130 Å². The summed E-state index contributed by atoms with van der Waals surface area (Å²) in [7, 11) is 0. The van der Waals surface area contributed by atoms with Gasteiger partial charge in [-0.3, -0.25) is 4.79 Å². The van der Waals surface area contributed by atoms with Gasteiger partial charge in [0.1, 0.15) is 0 Å². The average molecular weight is 295 g/mol. The number of hydrogen-bond donors (Lipinski definition) is 2. The summed E-state index contributed by atoms with van der Waals surface area (Å²) < 4.78 is 0. The number of aryl methyl sites for hydroxylation is 1. The molecule has 0 aliphatic carbocycles. The minimum absolute atomic E-state index is 0.0564. The van der Waals surface area contributed by atoms with Crippen LogP contribution in [0.4, 0.5) is 17.1 Å². The van der Waals surface area contributed by atoms with Crippen molar-refractivity contribution in [2.24, 2.45) is 0 Å². The second-order valence-electron chi connectivity index (χ2n) is 5.74. The third-order valence-electron chi connectivity index (χ3n) is 4.08. The Balaban J connectivity index is 1.94. The zero-order valence-corrected chi connectivity index (χ0v) is 12.8. The van der Waals surface area contributed by atoms with Gasteiger partial charge in [0.2, 0.25) is 0 Å². The van der Waals surface area contributed by atoms with Gasteiger partial charge < -0.3 is 16.0 Å². The molecule has 114 valence electrons. The van der Waals surface area contributed by atoms with Crippen LogP contribution in [0.5, 0.6) is 0 Å². The van der Waals surface area contributed by atoms with Crippen molar-refractivity contribution in [2.75, 3.05) is 24.1 Å². The molecular formula is C18H21N3O. The highest BCUT2D eigenvalue weighted by Gasteiger charge is 2.22. The van der Waals surface area contributed by atoms with Gasteiger partial charge in [-0.2, -0.15) is 0 Å². The lowest BCUT2D eigenvalue weighted by Gasteiger charge is -2.19. The Kier molecular flexibility index (Phi) is 4.00. The van der Waals surface area contributed by atoms with Gasteiger partial charge in [-0.1, -0.05) is 18.2 Å². The number of nitrogens with two attached hydrogens (primary N) is 1. The quantitative estimate of drug-likeness (QED) is 0.851. The summed E-state index contributed by atoms with van der Waals surface area (Å²) in [4.78, 5) is 14.6. The van der Waals surface area contributed by atoms with E-state index in [1.807, 2.05) is 48.2 Å². The van der Waals surface area contributed by atoms with Crippen LogP contribution in [-0.2, 0) is 0 Å². The highest BCUT2D eigenvalue weighted by molar-refractivity contribution is 6.01. The fourth-order valence-electron chi connectivity index (χ4n) is 2.80. The molecule has 0 unspecified atom stereocenters. The molecular weight excluding hydrogens is 274 g/mol. The van der Waals surface area contributed by atoms with Gasteiger partial charge in [0, 0.05) is 24.5 Å². The molecule has 4 heteroatoms. The summed E-state index contributed by atoms with van der Waals surface area (Å²) in [5, 5.41) is 3.37. The van der Waals surface area contributed by atoms with Gasteiger partial charge in [0.05, 0.1) is 11.3 Å². The van der Waals surface area contributed by atoms with E-state index in [4.69, 9.17) is 5.73 Å². The minimum atomic E-state index is 0.0564. The molecule has 2 aromatic rings. The van der Waals surface area contributed by atoms with Crippen LogP contribution in [0.1, 0.15) is 28.8 Å². The highest BCUT2D eigenvalue weighted by Crippen LogP contribution is 2.27. The third-order valence-corrected chi connectivity index (χ3v) is 4.08. The van der Waals surface area contributed by atoms with E-state index in [1.165, 1.54) is 0 Å². The standard InChI is InChI=1S/C18H21N3O/c1-13-6-2-3-7-16(13)20-17-9-8-14(19)12-15(17)18(22)21-10-4-5-11-21/h2-3,6-9,12,20H,4-5,10-11,19H2,1H3. The molecule has 1 aliphatic rings. The fourth-order valence-corrected chi connectivity index (χ4v) is 2.80. The molecule has 0 aromatic heterocycles. The average Bonchev–Trinajstić information content (AvgIpc) is 3.05. The molecule has 4 nitrogen and oxygen atoms in total. The second kappa shape index (κ2) is 6.10. The van der Waals surface area contributed by atoms with Crippen molar-refractivity contribution in [1.82, 2.24) is 4.90 Å². The number of likely N-dealkylation sites (tertiary alicyclic amines) is 1. The molecule has 1 fully saturated rings. The van der Waals surface area contributed by atoms with Gasteiger partial charge >= 0.3 is 0 Å². The molecule has 1 heterocycles. The number of para-hydroxylation sites is 1. The lowest BCUT2D eigenvalue weighted by molar-refractivity contribution is 0.0794. The molecule has 3 rings (SSSR count). The number of nitrogen functional groups attached to an aromatic ring is 1. The predicted octanol–water partition coefficient (Wildman–Crippen LogP) is 3.56. The summed E-state index contributed by atoms with van der Waals surface area (Å²) in [6, 6.07) is 13.5. The molecule has 1 saturated heterocycles. The van der Waals surface area contributed by atoms with Crippen LogP contribution in [-0.4, -0.2) is 23.9 Å². The van der Waals surface area contributed by atoms with Crippen molar-refractivity contribution in [3.05, 3.63) is 53.6 Å². The molecule has 0 bridgehead atoms. The first kappa shape index (κ1) is 14.4. The topological polar surface area (TPSA) is 58.4 Å². The van der Waals surface area contributed by atoms with Gasteiger partial charge in [-0.25, -0.2) is 0 Å². The van der Waals surface area contributed by atoms with E-state index < -0.39 is 0 Å². The zero-order chi connectivity index (χ0) is 15.5. The highest BCUT2D eigenvalue weighted by atomic mass is 16.2. The molecule has 0 radical (unpaired) electrons. The lowest BCUT2D eigenvalue weighted by Crippen LogP contribution is -2.28. The van der Waals surface area contributed by atoms with Gasteiger partial charge in [0.15, 0.2) is 0 Å². The number of carbonyl (C=O) groups is 1. The van der Waals surface area contributed by atoms with Gasteiger partial charge in [-0.05, 0) is 49.6 Å². The van der Waals surface area contributed by atoms with Crippen LogP contribution in [0.25, 0.3) is 0 Å². The van der Waals surface area contributed by atoms with E-state index in [1.54, 1.807) is 6.07 Å². The Morgan fingerprint density at radius 2 is 1.82 bits per heavy atom. The molecule has 22 heavy (non-hydrogen) atoms. The first-order valence-electron chi connectivity index (χ1n) is 7.66. The largest absolute Gasteiger partial charge is 0.399 e. The predicted molar refractivity (Wildman–Crippen MR) is 90.5 cm³/mol. The maximum absolute atomic E-state index is 12.7. The monoisotopic (exact) mass is 295 g/mol. The number of amides is 1. The summed E-state index contributed by atoms with van der Waals surface area (Å²) in [6.07, 6.45) is 2.16. The third kappa shape index (κ3) is 2.91. The fraction of sp³-hybridized carbons (Fsp3) is 0.278. The van der Waals surface area contributed by atoms with E-state index in [2.05, 4.69) is 5.32 Å². The van der Waals surface area contributed by atoms with Crippen molar-refractivity contribution >= 4 is 23.0 Å². The first-order chi connectivity index (χ1) is 10.6. The summed E-state index contributed by atoms with van der Waals surface area (Å²) >= 11 is 0. The van der Waals surface area contributed by atoms with Crippen molar-refractivity contribution in [3.8, 4) is 0 Å². The lowest BCUT2D eigenvalue weighted by atomic mass is 10.1. The minimum Gasteiger partial charge on any atom is -0.399 e. The number of rotatable bonds is 3. The van der Waals surface area contributed by atoms with Crippen LogP contribution in [0.2, 0.25) is 0 Å². The first-order valence-corrected chi connectivity index (χ1v) is 7.66. The van der Waals surface area contributed by atoms with Crippen LogP contribution >= 0.6 is 0 Å². The molecule has 0 saturated carbocycles. The maximum atomic E-state index is 12.7. The van der Waals surface area contributed by atoms with Crippen molar-refractivity contribution < 1.29 is 4.79 Å². The van der Waals surface area contributed by atoms with Crippen LogP contribution in [0.15, 0.2) is 42.5 Å². The molecule has 0 spiro atoms.